The molecular weight excluding hydrogens is 335 g/mol. The second kappa shape index (κ2) is 6.44. The normalized spacial score (nSPS) is 10.7. The van der Waals surface area contributed by atoms with Crippen molar-refractivity contribution in [2.75, 3.05) is 5.32 Å². The van der Waals surface area contributed by atoms with E-state index in [4.69, 9.17) is 28.3 Å². The third-order valence-electron chi connectivity index (χ3n) is 3.32. The Balaban J connectivity index is 2.11. The van der Waals surface area contributed by atoms with Crippen molar-refractivity contribution in [2.45, 2.75) is 6.42 Å². The van der Waals surface area contributed by atoms with Crippen molar-refractivity contribution < 1.29 is 9.90 Å². The van der Waals surface area contributed by atoms with Crippen LogP contribution in [0, 0.1) is 0 Å². The number of carbonyl (C=O) groups is 1. The highest BCUT2D eigenvalue weighted by atomic mass is 35.5. The monoisotopic (exact) mass is 346 g/mol. The van der Waals surface area contributed by atoms with Gasteiger partial charge in [-0.1, -0.05) is 47.5 Å². The van der Waals surface area contributed by atoms with E-state index in [-0.39, 0.29) is 6.42 Å². The van der Waals surface area contributed by atoms with Crippen molar-refractivity contribution in [2.24, 2.45) is 0 Å². The highest BCUT2D eigenvalue weighted by molar-refractivity contribution is 6.43. The Kier molecular flexibility index (Phi) is 4.37. The fourth-order valence-corrected chi connectivity index (χ4v) is 2.67. The summed E-state index contributed by atoms with van der Waals surface area (Å²) < 4.78 is 0. The van der Waals surface area contributed by atoms with Gasteiger partial charge in [-0.15, -0.1) is 0 Å². The number of benzene rings is 2. The maximum atomic E-state index is 11.0. The third-order valence-corrected chi connectivity index (χ3v) is 4.14. The zero-order valence-electron chi connectivity index (χ0n) is 11.9. The van der Waals surface area contributed by atoms with Gasteiger partial charge in [-0.25, -0.2) is 0 Å². The number of pyridine rings is 1. The zero-order chi connectivity index (χ0) is 16.4. The number of aliphatic carboxylic acids is 1. The van der Waals surface area contributed by atoms with E-state index in [0.717, 1.165) is 11.1 Å². The number of fused-ring (bicyclic) bond motifs is 1. The molecule has 0 atom stereocenters. The largest absolute Gasteiger partial charge is 0.481 e. The standard InChI is InChI=1S/C17H12Cl2N2O2/c18-12-5-3-7-14(17(12)19)21-15-8-10(9-16(22)23)20-13-6-2-1-4-11(13)15/h1-8H,9H2,(H,20,21)(H,22,23). The van der Waals surface area contributed by atoms with Crippen LogP contribution in [-0.2, 0) is 11.2 Å². The molecule has 3 aromatic rings. The minimum absolute atomic E-state index is 0.150. The van der Waals surface area contributed by atoms with Gasteiger partial charge in [-0.2, -0.15) is 0 Å². The number of carboxylic acid groups (broad SMARTS) is 1. The van der Waals surface area contributed by atoms with Crippen molar-refractivity contribution in [1.82, 2.24) is 4.98 Å². The number of halogens is 2. The molecule has 0 unspecified atom stereocenters. The van der Waals surface area contributed by atoms with Crippen molar-refractivity contribution in [1.29, 1.82) is 0 Å². The van der Waals surface area contributed by atoms with E-state index in [1.807, 2.05) is 24.3 Å². The van der Waals surface area contributed by atoms with Crippen LogP contribution in [-0.4, -0.2) is 16.1 Å². The molecule has 0 spiro atoms. The Hall–Kier alpha value is -2.30. The first kappa shape index (κ1) is 15.6. The van der Waals surface area contributed by atoms with Gasteiger partial charge in [0.05, 0.1) is 33.4 Å². The van der Waals surface area contributed by atoms with Crippen LogP contribution < -0.4 is 5.32 Å². The van der Waals surface area contributed by atoms with Crippen LogP contribution in [0.3, 0.4) is 0 Å². The van der Waals surface area contributed by atoms with E-state index in [0.29, 0.717) is 26.9 Å². The Morgan fingerprint density at radius 3 is 2.65 bits per heavy atom. The van der Waals surface area contributed by atoms with Gasteiger partial charge in [0.15, 0.2) is 0 Å². The molecule has 1 aromatic heterocycles. The van der Waals surface area contributed by atoms with E-state index in [9.17, 15) is 4.79 Å². The van der Waals surface area contributed by atoms with Crippen LogP contribution in [0.25, 0.3) is 10.9 Å². The predicted octanol–water partition coefficient (Wildman–Crippen LogP) is 4.91. The Morgan fingerprint density at radius 2 is 1.87 bits per heavy atom. The average Bonchev–Trinajstić information content (AvgIpc) is 2.51. The molecule has 116 valence electrons. The van der Waals surface area contributed by atoms with Gasteiger partial charge in [0.1, 0.15) is 0 Å². The maximum absolute atomic E-state index is 11.0. The first-order chi connectivity index (χ1) is 11.0. The van der Waals surface area contributed by atoms with Crippen LogP contribution in [0.2, 0.25) is 10.0 Å². The SMILES string of the molecule is O=C(O)Cc1cc(Nc2cccc(Cl)c2Cl)c2ccccc2n1. The molecule has 0 saturated carbocycles. The molecule has 1 heterocycles. The number of hydrogen-bond donors (Lipinski definition) is 2. The highest BCUT2D eigenvalue weighted by Gasteiger charge is 2.11. The fourth-order valence-electron chi connectivity index (χ4n) is 2.32. The second-order valence-electron chi connectivity index (χ2n) is 4.98. The Bertz CT molecular complexity index is 897. The highest BCUT2D eigenvalue weighted by Crippen LogP contribution is 2.34. The number of anilines is 2. The van der Waals surface area contributed by atoms with Gasteiger partial charge in [0.2, 0.25) is 0 Å². The number of carboxylic acids is 1. The number of nitrogens with one attached hydrogen (secondary N) is 1. The number of nitrogens with zero attached hydrogens (tertiary/aromatic N) is 1. The minimum atomic E-state index is -0.931. The number of rotatable bonds is 4. The smallest absolute Gasteiger partial charge is 0.309 e. The van der Waals surface area contributed by atoms with Crippen LogP contribution in [0.1, 0.15) is 5.69 Å². The summed E-state index contributed by atoms with van der Waals surface area (Å²) in [6.07, 6.45) is -0.150. The van der Waals surface area contributed by atoms with Crippen LogP contribution in [0.5, 0.6) is 0 Å². The summed E-state index contributed by atoms with van der Waals surface area (Å²) >= 11 is 12.3. The first-order valence-electron chi connectivity index (χ1n) is 6.86. The molecule has 0 aliphatic heterocycles. The van der Waals surface area contributed by atoms with Gasteiger partial charge in [-0.05, 0) is 24.3 Å². The molecule has 3 rings (SSSR count). The molecule has 0 fully saturated rings. The van der Waals surface area contributed by atoms with Gasteiger partial charge in [-0.3, -0.25) is 9.78 Å². The lowest BCUT2D eigenvalue weighted by Gasteiger charge is -2.13. The number of para-hydroxylation sites is 1. The van der Waals surface area contributed by atoms with Gasteiger partial charge in [0, 0.05) is 11.1 Å². The number of aromatic nitrogens is 1. The summed E-state index contributed by atoms with van der Waals surface area (Å²) in [6.45, 7) is 0. The van der Waals surface area contributed by atoms with Crippen LogP contribution in [0.15, 0.2) is 48.5 Å². The summed E-state index contributed by atoms with van der Waals surface area (Å²) in [6, 6.07) is 14.5. The summed E-state index contributed by atoms with van der Waals surface area (Å²) in [4.78, 5) is 15.4. The first-order valence-corrected chi connectivity index (χ1v) is 7.61. The topological polar surface area (TPSA) is 62.2 Å². The van der Waals surface area contributed by atoms with E-state index in [2.05, 4.69) is 10.3 Å². The summed E-state index contributed by atoms with van der Waals surface area (Å²) in [5.41, 5.74) is 2.57. The van der Waals surface area contributed by atoms with Crippen molar-refractivity contribution in [3.63, 3.8) is 0 Å². The van der Waals surface area contributed by atoms with E-state index < -0.39 is 5.97 Å². The lowest BCUT2D eigenvalue weighted by atomic mass is 10.1. The lowest BCUT2D eigenvalue weighted by molar-refractivity contribution is -0.136. The molecule has 0 radical (unpaired) electrons. The quantitative estimate of drug-likeness (QED) is 0.704. The number of hydrogen-bond acceptors (Lipinski definition) is 3. The molecule has 2 aromatic carbocycles. The van der Waals surface area contributed by atoms with Crippen molar-refractivity contribution in [3.8, 4) is 0 Å². The summed E-state index contributed by atoms with van der Waals surface area (Å²) in [5.74, 6) is -0.931. The van der Waals surface area contributed by atoms with E-state index in [1.165, 1.54) is 0 Å². The Morgan fingerprint density at radius 1 is 1.09 bits per heavy atom. The predicted molar refractivity (Wildman–Crippen MR) is 92.8 cm³/mol. The third kappa shape index (κ3) is 3.38. The zero-order valence-corrected chi connectivity index (χ0v) is 13.4. The second-order valence-corrected chi connectivity index (χ2v) is 5.76. The maximum Gasteiger partial charge on any atom is 0.309 e. The summed E-state index contributed by atoms with van der Waals surface area (Å²) in [7, 11) is 0. The van der Waals surface area contributed by atoms with E-state index >= 15 is 0 Å². The molecule has 6 heteroatoms. The van der Waals surface area contributed by atoms with Crippen LogP contribution in [0.4, 0.5) is 11.4 Å². The molecule has 23 heavy (non-hydrogen) atoms. The molecule has 0 aliphatic rings. The lowest BCUT2D eigenvalue weighted by Crippen LogP contribution is -2.04. The van der Waals surface area contributed by atoms with Gasteiger partial charge >= 0.3 is 5.97 Å². The van der Waals surface area contributed by atoms with Gasteiger partial charge < -0.3 is 10.4 Å². The minimum Gasteiger partial charge on any atom is -0.481 e. The molecule has 0 bridgehead atoms. The molecule has 0 saturated heterocycles. The van der Waals surface area contributed by atoms with Crippen LogP contribution >= 0.6 is 23.2 Å². The van der Waals surface area contributed by atoms with Gasteiger partial charge in [0.25, 0.3) is 0 Å². The fraction of sp³-hybridized carbons (Fsp3) is 0.0588. The molecule has 0 amide bonds. The average molecular weight is 347 g/mol. The molecular formula is C17H12Cl2N2O2. The van der Waals surface area contributed by atoms with E-state index in [1.54, 1.807) is 24.3 Å². The molecule has 0 aliphatic carbocycles. The molecule has 4 nitrogen and oxygen atoms in total. The van der Waals surface area contributed by atoms with Crippen molar-refractivity contribution in [3.05, 3.63) is 64.3 Å². The van der Waals surface area contributed by atoms with Crippen molar-refractivity contribution >= 4 is 51.4 Å². The Labute approximate surface area is 142 Å². The summed E-state index contributed by atoms with van der Waals surface area (Å²) in [5, 5.41) is 14.0. The molecule has 2 N–H and O–H groups in total.